The van der Waals surface area contributed by atoms with Gasteiger partial charge in [-0.3, -0.25) is 0 Å². The predicted molar refractivity (Wildman–Crippen MR) is 162 cm³/mol. The topological polar surface area (TPSA) is 103 Å². The number of benzene rings is 4. The first-order chi connectivity index (χ1) is 20.1. The lowest BCUT2D eigenvalue weighted by atomic mass is 9.98. The normalized spacial score (nSPS) is 12.3. The van der Waals surface area contributed by atoms with E-state index in [-0.39, 0.29) is 22.6 Å². The van der Waals surface area contributed by atoms with Gasteiger partial charge in [-0.15, -0.1) is 0 Å². The quantitative estimate of drug-likeness (QED) is 0.134. The lowest BCUT2D eigenvalue weighted by molar-refractivity contribution is -0.136. The van der Waals surface area contributed by atoms with Gasteiger partial charge in [0.2, 0.25) is 10.0 Å². The van der Waals surface area contributed by atoms with Crippen LogP contribution in [-0.2, 0) is 27.7 Å². The van der Waals surface area contributed by atoms with Gasteiger partial charge in [-0.05, 0) is 73.7 Å². The molecule has 0 unspecified atom stereocenters. The lowest BCUT2D eigenvalue weighted by Crippen LogP contribution is -2.44. The van der Waals surface area contributed by atoms with E-state index in [0.29, 0.717) is 28.5 Å². The van der Waals surface area contributed by atoms with E-state index in [0.717, 1.165) is 16.7 Å². The first kappa shape index (κ1) is 29.0. The Hall–Kier alpha value is -4.53. The number of sulfonamides is 1. The molecule has 1 aromatic heterocycles. The molecule has 0 saturated carbocycles. The number of ether oxygens (including phenoxy) is 1. The Morgan fingerprint density at radius 1 is 0.833 bits per heavy atom. The third-order valence-corrected chi connectivity index (χ3v) is 8.60. The highest BCUT2D eigenvalue weighted by Gasteiger charge is 2.29. The van der Waals surface area contributed by atoms with Crippen LogP contribution < -0.4 is 15.1 Å². The van der Waals surface area contributed by atoms with Gasteiger partial charge >= 0.3 is 11.6 Å². The monoisotopic (exact) mass is 581 g/mol. The first-order valence-electron chi connectivity index (χ1n) is 13.6. The molecule has 0 aliphatic heterocycles. The molecule has 0 saturated heterocycles. The molecule has 1 N–H and O–H groups in total. The minimum atomic E-state index is -4.05. The minimum absolute atomic E-state index is 0.0446. The fourth-order valence-electron chi connectivity index (χ4n) is 4.90. The van der Waals surface area contributed by atoms with Crippen molar-refractivity contribution in [3.8, 4) is 5.75 Å². The highest BCUT2D eigenvalue weighted by molar-refractivity contribution is 7.89. The minimum Gasteiger partial charge on any atom is -0.425 e. The SMILES string of the molecule is Cc1ccc(S(=O)(=O)N[C@H](Cc2ccccc2)C(=O)Oc2cc(C)cc3oc(=O)c(Cc4ccccc4)c(C)c23)cc1. The molecular formula is C34H31NO6S. The van der Waals surface area contributed by atoms with Gasteiger partial charge in [0.1, 0.15) is 17.4 Å². The second-order valence-electron chi connectivity index (χ2n) is 10.4. The van der Waals surface area contributed by atoms with E-state index >= 15 is 0 Å². The maximum atomic E-state index is 13.7. The van der Waals surface area contributed by atoms with Crippen LogP contribution >= 0.6 is 0 Å². The third-order valence-electron chi connectivity index (χ3n) is 7.12. The zero-order chi connectivity index (χ0) is 29.9. The second kappa shape index (κ2) is 12.1. The molecule has 0 aliphatic carbocycles. The summed E-state index contributed by atoms with van der Waals surface area (Å²) in [4.78, 5) is 26.8. The maximum absolute atomic E-state index is 13.7. The summed E-state index contributed by atoms with van der Waals surface area (Å²) in [5.41, 5.74) is 4.23. The second-order valence-corrected chi connectivity index (χ2v) is 12.1. The molecule has 0 bridgehead atoms. The van der Waals surface area contributed by atoms with Gasteiger partial charge in [0.05, 0.1) is 10.3 Å². The molecule has 0 radical (unpaired) electrons. The molecule has 4 aromatic carbocycles. The molecule has 5 aromatic rings. The van der Waals surface area contributed by atoms with Crippen LogP contribution in [0.5, 0.6) is 5.75 Å². The van der Waals surface area contributed by atoms with Crippen molar-refractivity contribution in [2.75, 3.05) is 0 Å². The molecule has 0 amide bonds. The number of esters is 1. The molecule has 8 heteroatoms. The van der Waals surface area contributed by atoms with Gasteiger partial charge in [-0.1, -0.05) is 78.4 Å². The highest BCUT2D eigenvalue weighted by Crippen LogP contribution is 2.32. The summed E-state index contributed by atoms with van der Waals surface area (Å²) >= 11 is 0. The van der Waals surface area contributed by atoms with Crippen molar-refractivity contribution in [3.05, 3.63) is 141 Å². The number of fused-ring (bicyclic) bond motifs is 1. The number of carbonyl (C=O) groups excluding carboxylic acids is 1. The van der Waals surface area contributed by atoms with E-state index in [1.807, 2.05) is 67.6 Å². The fraction of sp³-hybridized carbons (Fsp3) is 0.176. The summed E-state index contributed by atoms with van der Waals surface area (Å²) in [5, 5.41) is 0.485. The maximum Gasteiger partial charge on any atom is 0.340 e. The van der Waals surface area contributed by atoms with Crippen LogP contribution in [0.3, 0.4) is 0 Å². The molecule has 0 aliphatic rings. The van der Waals surface area contributed by atoms with E-state index in [2.05, 4.69) is 4.72 Å². The van der Waals surface area contributed by atoms with E-state index in [4.69, 9.17) is 9.15 Å². The Balaban J connectivity index is 1.53. The fourth-order valence-corrected chi connectivity index (χ4v) is 6.08. The van der Waals surface area contributed by atoms with Crippen molar-refractivity contribution < 1.29 is 22.4 Å². The van der Waals surface area contributed by atoms with Gasteiger partial charge in [0, 0.05) is 12.0 Å². The van der Waals surface area contributed by atoms with Gasteiger partial charge < -0.3 is 9.15 Å². The molecule has 42 heavy (non-hydrogen) atoms. The molecule has 1 heterocycles. The van der Waals surface area contributed by atoms with Crippen molar-refractivity contribution in [3.63, 3.8) is 0 Å². The van der Waals surface area contributed by atoms with Crippen molar-refractivity contribution >= 4 is 27.0 Å². The molecule has 5 rings (SSSR count). The number of carbonyl (C=O) groups is 1. The largest absolute Gasteiger partial charge is 0.425 e. The summed E-state index contributed by atoms with van der Waals surface area (Å²) in [6.07, 6.45) is 0.418. The first-order valence-corrected chi connectivity index (χ1v) is 15.0. The van der Waals surface area contributed by atoms with Gasteiger partial charge in [-0.2, -0.15) is 4.72 Å². The number of hydrogen-bond acceptors (Lipinski definition) is 6. The van der Waals surface area contributed by atoms with Crippen LogP contribution in [0.1, 0.15) is 33.4 Å². The standard InChI is InChI=1S/C34H31NO6S/c1-22-14-16-27(17-15-22)42(38,39)35-29(21-26-12-8-5-9-13-26)34(37)41-31-19-23(2)18-30-32(31)24(3)28(33(36)40-30)20-25-10-6-4-7-11-25/h4-19,29,35H,20-21H2,1-3H3/t29-/m1/s1. The van der Waals surface area contributed by atoms with Crippen LogP contribution in [0.15, 0.2) is 111 Å². The van der Waals surface area contributed by atoms with E-state index < -0.39 is 27.7 Å². The summed E-state index contributed by atoms with van der Waals surface area (Å²) in [7, 11) is -4.05. The number of hydrogen-bond donors (Lipinski definition) is 1. The Labute approximate surface area is 244 Å². The summed E-state index contributed by atoms with van der Waals surface area (Å²) in [6.45, 7) is 5.46. The Bertz CT molecular complexity index is 1900. The van der Waals surface area contributed by atoms with Gasteiger partial charge in [-0.25, -0.2) is 18.0 Å². The molecule has 7 nitrogen and oxygen atoms in total. The summed E-state index contributed by atoms with van der Waals surface area (Å²) in [5.74, 6) is -0.588. The van der Waals surface area contributed by atoms with Crippen molar-refractivity contribution in [2.24, 2.45) is 0 Å². The van der Waals surface area contributed by atoms with Crippen molar-refractivity contribution in [2.45, 2.75) is 44.6 Å². The van der Waals surface area contributed by atoms with Crippen LogP contribution in [0.25, 0.3) is 11.0 Å². The predicted octanol–water partition coefficient (Wildman–Crippen LogP) is 5.80. The smallest absolute Gasteiger partial charge is 0.340 e. The molecule has 0 fully saturated rings. The van der Waals surface area contributed by atoms with Crippen molar-refractivity contribution in [1.29, 1.82) is 0 Å². The Kier molecular flexibility index (Phi) is 8.38. The van der Waals surface area contributed by atoms with Gasteiger partial charge in [0.25, 0.3) is 0 Å². The average Bonchev–Trinajstić information content (AvgIpc) is 2.96. The average molecular weight is 582 g/mol. The molecule has 214 valence electrons. The highest BCUT2D eigenvalue weighted by atomic mass is 32.2. The molecule has 1 atom stereocenters. The number of rotatable bonds is 9. The Morgan fingerprint density at radius 3 is 2.10 bits per heavy atom. The third kappa shape index (κ3) is 6.51. The lowest BCUT2D eigenvalue weighted by Gasteiger charge is -2.19. The van der Waals surface area contributed by atoms with Gasteiger partial charge in [0.15, 0.2) is 0 Å². The number of aryl methyl sites for hydroxylation is 3. The Morgan fingerprint density at radius 2 is 1.45 bits per heavy atom. The molecular weight excluding hydrogens is 550 g/mol. The summed E-state index contributed by atoms with van der Waals surface area (Å²) < 4.78 is 40.8. The van der Waals surface area contributed by atoms with Crippen LogP contribution in [-0.4, -0.2) is 20.4 Å². The van der Waals surface area contributed by atoms with E-state index in [9.17, 15) is 18.0 Å². The van der Waals surface area contributed by atoms with Crippen LogP contribution in [0.4, 0.5) is 0 Å². The van der Waals surface area contributed by atoms with E-state index in [1.54, 1.807) is 38.1 Å². The van der Waals surface area contributed by atoms with E-state index in [1.165, 1.54) is 12.1 Å². The molecule has 0 spiro atoms. The summed E-state index contributed by atoms with van der Waals surface area (Å²) in [6, 6.07) is 27.2. The zero-order valence-corrected chi connectivity index (χ0v) is 24.4. The van der Waals surface area contributed by atoms with Crippen LogP contribution in [0, 0.1) is 20.8 Å². The number of nitrogens with one attached hydrogen (secondary N) is 1. The van der Waals surface area contributed by atoms with Crippen molar-refractivity contribution in [1.82, 2.24) is 4.72 Å². The van der Waals surface area contributed by atoms with Crippen LogP contribution in [0.2, 0.25) is 0 Å². The zero-order valence-electron chi connectivity index (χ0n) is 23.6.